The quantitative estimate of drug-likeness (QED) is 0.803. The first-order valence-corrected chi connectivity index (χ1v) is 7.72. The van der Waals surface area contributed by atoms with Gasteiger partial charge < -0.3 is 10.5 Å². The van der Waals surface area contributed by atoms with E-state index in [0.717, 1.165) is 0 Å². The Labute approximate surface area is 117 Å². The van der Waals surface area contributed by atoms with E-state index in [0.29, 0.717) is 18.7 Å². The number of rotatable bonds is 2. The van der Waals surface area contributed by atoms with Crippen LogP contribution in [0.2, 0.25) is 0 Å². The Morgan fingerprint density at radius 1 is 1.35 bits per heavy atom. The molecule has 0 radical (unpaired) electrons. The van der Waals surface area contributed by atoms with E-state index >= 15 is 0 Å². The lowest BCUT2D eigenvalue weighted by molar-refractivity contribution is 0.211. The van der Waals surface area contributed by atoms with Gasteiger partial charge in [0.2, 0.25) is 0 Å². The summed E-state index contributed by atoms with van der Waals surface area (Å²) in [6, 6.07) is 3.92. The molecule has 2 saturated heterocycles. The molecule has 1 unspecified atom stereocenters. The van der Waals surface area contributed by atoms with Gasteiger partial charge in [-0.2, -0.15) is 17.0 Å². The van der Waals surface area contributed by atoms with Crippen LogP contribution in [0.5, 0.6) is 5.75 Å². The molecule has 2 heterocycles. The Morgan fingerprint density at radius 2 is 2.10 bits per heavy atom. The van der Waals surface area contributed by atoms with E-state index in [4.69, 9.17) is 10.5 Å². The van der Waals surface area contributed by atoms with E-state index in [1.807, 2.05) is 0 Å². The smallest absolute Gasteiger partial charge is 0.282 e. The predicted molar refractivity (Wildman–Crippen MR) is 71.9 cm³/mol. The van der Waals surface area contributed by atoms with Gasteiger partial charge in [0.15, 0.2) is 0 Å². The van der Waals surface area contributed by atoms with Gasteiger partial charge in [-0.05, 0) is 6.07 Å². The highest BCUT2D eigenvalue weighted by Gasteiger charge is 2.48. The fourth-order valence-electron chi connectivity index (χ4n) is 2.79. The number of hydrogen-bond donors (Lipinski definition) is 1. The maximum Gasteiger partial charge on any atom is 0.282 e. The number of benzene rings is 1. The summed E-state index contributed by atoms with van der Waals surface area (Å²) >= 11 is 0. The second kappa shape index (κ2) is 4.57. The fraction of sp³-hybridized carbons (Fsp3) is 0.500. The summed E-state index contributed by atoms with van der Waals surface area (Å²) in [5, 5.41) is 0. The molecule has 2 fully saturated rings. The van der Waals surface area contributed by atoms with Gasteiger partial charge in [0, 0.05) is 43.9 Å². The lowest BCUT2D eigenvalue weighted by atomic mass is 10.2. The van der Waals surface area contributed by atoms with Crippen LogP contribution < -0.4 is 10.5 Å². The maximum absolute atomic E-state index is 13.2. The van der Waals surface area contributed by atoms with Crippen LogP contribution in [-0.4, -0.2) is 49.3 Å². The zero-order valence-corrected chi connectivity index (χ0v) is 11.8. The molecule has 110 valence electrons. The van der Waals surface area contributed by atoms with Crippen LogP contribution in [-0.2, 0) is 10.2 Å². The summed E-state index contributed by atoms with van der Waals surface area (Å²) in [6.07, 6.45) is 0.324. The molecule has 2 aliphatic heterocycles. The van der Waals surface area contributed by atoms with Crippen molar-refractivity contribution in [2.24, 2.45) is 0 Å². The third-order valence-electron chi connectivity index (χ3n) is 3.68. The number of halogens is 1. The van der Waals surface area contributed by atoms with E-state index in [1.54, 1.807) is 7.05 Å². The zero-order valence-electron chi connectivity index (χ0n) is 11.0. The van der Waals surface area contributed by atoms with Crippen molar-refractivity contribution in [1.29, 1.82) is 0 Å². The molecule has 2 aliphatic rings. The Bertz CT molecular complexity index is 617. The average Bonchev–Trinajstić information content (AvgIpc) is 2.78. The number of nitrogen functional groups attached to an aromatic ring is 1. The Balaban J connectivity index is 1.73. The number of likely N-dealkylation sites (N-methyl/N-ethyl adjacent to an activating group) is 1. The monoisotopic (exact) mass is 301 g/mol. The molecule has 0 aromatic heterocycles. The van der Waals surface area contributed by atoms with Gasteiger partial charge in [-0.25, -0.2) is 4.39 Å². The van der Waals surface area contributed by atoms with Crippen LogP contribution in [0.25, 0.3) is 0 Å². The molecule has 1 aromatic carbocycles. The van der Waals surface area contributed by atoms with Crippen LogP contribution in [0.4, 0.5) is 10.1 Å². The molecule has 20 heavy (non-hydrogen) atoms. The average molecular weight is 301 g/mol. The lowest BCUT2D eigenvalue weighted by Gasteiger charge is -2.17. The molecular weight excluding hydrogens is 285 g/mol. The van der Waals surface area contributed by atoms with Gasteiger partial charge in [-0.3, -0.25) is 0 Å². The molecule has 8 heteroatoms. The van der Waals surface area contributed by atoms with E-state index in [2.05, 4.69) is 0 Å². The van der Waals surface area contributed by atoms with E-state index in [-0.39, 0.29) is 24.4 Å². The van der Waals surface area contributed by atoms with Gasteiger partial charge in [0.05, 0.1) is 6.54 Å². The molecule has 0 saturated carbocycles. The van der Waals surface area contributed by atoms with Crippen molar-refractivity contribution in [3.8, 4) is 5.75 Å². The number of ether oxygens (including phenoxy) is 1. The van der Waals surface area contributed by atoms with Gasteiger partial charge in [-0.15, -0.1) is 0 Å². The Morgan fingerprint density at radius 3 is 2.75 bits per heavy atom. The summed E-state index contributed by atoms with van der Waals surface area (Å²) < 4.78 is 45.7. The fourth-order valence-corrected chi connectivity index (χ4v) is 4.40. The Kier molecular flexibility index (Phi) is 3.11. The molecule has 6 nitrogen and oxygen atoms in total. The topological polar surface area (TPSA) is 75.9 Å². The van der Waals surface area contributed by atoms with Crippen molar-refractivity contribution in [2.45, 2.75) is 18.6 Å². The summed E-state index contributed by atoms with van der Waals surface area (Å²) in [5.41, 5.74) is 5.84. The lowest BCUT2D eigenvalue weighted by Crippen LogP contribution is -2.33. The number of anilines is 1. The third-order valence-corrected chi connectivity index (χ3v) is 5.66. The molecule has 0 spiro atoms. The van der Waals surface area contributed by atoms with Crippen molar-refractivity contribution < 1.29 is 17.5 Å². The summed E-state index contributed by atoms with van der Waals surface area (Å²) in [5.74, 6) is -0.134. The second-order valence-corrected chi connectivity index (χ2v) is 7.20. The van der Waals surface area contributed by atoms with E-state index in [9.17, 15) is 12.8 Å². The Hall–Kier alpha value is -1.38. The highest BCUT2D eigenvalue weighted by Crippen LogP contribution is 2.32. The number of hydrogen-bond acceptors (Lipinski definition) is 4. The normalized spacial score (nSPS) is 29.5. The van der Waals surface area contributed by atoms with Crippen molar-refractivity contribution in [3.63, 3.8) is 0 Å². The maximum atomic E-state index is 13.2. The zero-order chi connectivity index (χ0) is 14.5. The van der Waals surface area contributed by atoms with Crippen molar-refractivity contribution in [3.05, 3.63) is 24.0 Å². The number of nitrogens with two attached hydrogens (primary N) is 1. The summed E-state index contributed by atoms with van der Waals surface area (Å²) in [7, 11) is -1.79. The van der Waals surface area contributed by atoms with Crippen LogP contribution in [0.1, 0.15) is 6.42 Å². The number of nitrogens with zero attached hydrogens (tertiary/aromatic N) is 2. The minimum Gasteiger partial charge on any atom is -0.489 e. The van der Waals surface area contributed by atoms with Crippen LogP contribution >= 0.6 is 0 Å². The van der Waals surface area contributed by atoms with Gasteiger partial charge >= 0.3 is 0 Å². The second-order valence-electron chi connectivity index (χ2n) is 5.21. The largest absolute Gasteiger partial charge is 0.489 e. The molecule has 1 aromatic rings. The van der Waals surface area contributed by atoms with Gasteiger partial charge in [0.25, 0.3) is 10.2 Å². The number of fused-ring (bicyclic) bond motifs is 1. The molecule has 3 rings (SSSR count). The molecule has 0 aliphatic carbocycles. The van der Waals surface area contributed by atoms with Crippen LogP contribution in [0.15, 0.2) is 18.2 Å². The third kappa shape index (κ3) is 2.23. The SMILES string of the molecule is CN1C[C@@H]2CC(Oc3cc(N)cc(F)c3)CN2S1(=O)=O. The summed E-state index contributed by atoms with van der Waals surface area (Å²) in [6.45, 7) is 0.751. The first-order chi connectivity index (χ1) is 9.36. The van der Waals surface area contributed by atoms with Gasteiger partial charge in [0.1, 0.15) is 17.7 Å². The standard InChI is InChI=1S/C12H16FN3O3S/c1-15-6-10-5-12(7-16(10)20(15,17)18)19-11-3-8(13)2-9(14)4-11/h2-4,10,12H,5-7,14H2,1H3/t10-,12?/m0/s1. The molecule has 0 amide bonds. The van der Waals surface area contributed by atoms with Crippen molar-refractivity contribution in [1.82, 2.24) is 8.61 Å². The highest BCUT2D eigenvalue weighted by atomic mass is 32.2. The highest BCUT2D eigenvalue weighted by molar-refractivity contribution is 7.87. The molecule has 2 N–H and O–H groups in total. The first-order valence-electron chi connectivity index (χ1n) is 6.32. The van der Waals surface area contributed by atoms with Crippen LogP contribution in [0, 0.1) is 5.82 Å². The molecule has 0 bridgehead atoms. The van der Waals surface area contributed by atoms with Gasteiger partial charge in [-0.1, -0.05) is 0 Å². The van der Waals surface area contributed by atoms with Crippen molar-refractivity contribution in [2.75, 3.05) is 25.9 Å². The van der Waals surface area contributed by atoms with Crippen molar-refractivity contribution >= 4 is 15.9 Å². The first kappa shape index (κ1) is 13.6. The van der Waals surface area contributed by atoms with Crippen LogP contribution in [0.3, 0.4) is 0 Å². The minimum atomic E-state index is -3.36. The molecule has 2 atom stereocenters. The summed E-state index contributed by atoms with van der Waals surface area (Å²) in [4.78, 5) is 0. The predicted octanol–water partition coefficient (Wildman–Crippen LogP) is 0.420. The van der Waals surface area contributed by atoms with E-state index in [1.165, 1.54) is 26.8 Å². The molecular formula is C12H16FN3O3S. The van der Waals surface area contributed by atoms with E-state index < -0.39 is 16.0 Å². The minimum absolute atomic E-state index is 0.0686.